The number of nitrogens with zero attached hydrogens (tertiary/aromatic N) is 3. The molecule has 138 valence electrons. The molecule has 3 nitrogen and oxygen atoms in total. The van der Waals surface area contributed by atoms with Gasteiger partial charge in [-0.15, -0.1) is 0 Å². The standard InChI is InChI=1S/C20H23Cl2N3S/c1-13-10-20(11-13)6-8-25(9-7-20)17-12-23-19(14(2)24-17)26-16-5-3-4-15(21)18(16)22/h3-5,12-13H,6-11H2,1-2H3. The van der Waals surface area contributed by atoms with E-state index in [2.05, 4.69) is 16.8 Å². The molecule has 1 spiro atoms. The van der Waals surface area contributed by atoms with Crippen molar-refractivity contribution >= 4 is 40.8 Å². The zero-order valence-electron chi connectivity index (χ0n) is 15.1. The first kappa shape index (κ1) is 18.4. The highest BCUT2D eigenvalue weighted by atomic mass is 35.5. The number of aromatic nitrogens is 2. The molecule has 2 aliphatic rings. The number of piperidine rings is 1. The number of benzene rings is 1. The highest BCUT2D eigenvalue weighted by Gasteiger charge is 2.43. The number of hydrogen-bond donors (Lipinski definition) is 0. The van der Waals surface area contributed by atoms with Crippen molar-refractivity contribution in [3.8, 4) is 0 Å². The van der Waals surface area contributed by atoms with E-state index in [-0.39, 0.29) is 0 Å². The first-order valence-corrected chi connectivity index (χ1v) is 10.7. The Morgan fingerprint density at radius 1 is 1.19 bits per heavy atom. The third-order valence-electron chi connectivity index (χ3n) is 5.72. The van der Waals surface area contributed by atoms with E-state index in [1.807, 2.05) is 25.3 Å². The number of hydrogen-bond acceptors (Lipinski definition) is 4. The van der Waals surface area contributed by atoms with E-state index in [1.165, 1.54) is 37.4 Å². The summed E-state index contributed by atoms with van der Waals surface area (Å²) in [6.07, 6.45) is 7.28. The molecule has 0 amide bonds. The van der Waals surface area contributed by atoms with E-state index in [0.717, 1.165) is 40.4 Å². The van der Waals surface area contributed by atoms with Crippen molar-refractivity contribution in [2.75, 3.05) is 18.0 Å². The maximum atomic E-state index is 6.30. The van der Waals surface area contributed by atoms with Crippen LogP contribution >= 0.6 is 35.0 Å². The number of halogens is 2. The summed E-state index contributed by atoms with van der Waals surface area (Å²) < 4.78 is 0. The van der Waals surface area contributed by atoms with Gasteiger partial charge >= 0.3 is 0 Å². The molecule has 1 aliphatic heterocycles. The molecule has 0 N–H and O–H groups in total. The van der Waals surface area contributed by atoms with Crippen LogP contribution in [0.1, 0.15) is 38.3 Å². The minimum absolute atomic E-state index is 0.562. The number of rotatable bonds is 3. The van der Waals surface area contributed by atoms with Crippen molar-refractivity contribution in [1.82, 2.24) is 9.97 Å². The molecular weight excluding hydrogens is 385 g/mol. The third-order valence-corrected chi connectivity index (χ3v) is 7.81. The van der Waals surface area contributed by atoms with Crippen molar-refractivity contribution in [2.24, 2.45) is 11.3 Å². The van der Waals surface area contributed by atoms with Gasteiger partial charge in [0.25, 0.3) is 0 Å². The van der Waals surface area contributed by atoms with Crippen LogP contribution in [-0.4, -0.2) is 23.1 Å². The fourth-order valence-electron chi connectivity index (χ4n) is 4.41. The molecule has 1 aliphatic carbocycles. The molecule has 1 aromatic heterocycles. The van der Waals surface area contributed by atoms with Gasteiger partial charge in [-0.2, -0.15) is 0 Å². The van der Waals surface area contributed by atoms with E-state index in [4.69, 9.17) is 28.2 Å². The summed E-state index contributed by atoms with van der Waals surface area (Å²) in [5.41, 5.74) is 1.55. The van der Waals surface area contributed by atoms with Crippen molar-refractivity contribution < 1.29 is 0 Å². The van der Waals surface area contributed by atoms with Crippen LogP contribution < -0.4 is 4.90 Å². The second-order valence-corrected chi connectivity index (χ2v) is 9.59. The molecule has 1 aromatic carbocycles. The minimum atomic E-state index is 0.562. The van der Waals surface area contributed by atoms with Crippen molar-refractivity contribution in [1.29, 1.82) is 0 Å². The lowest BCUT2D eigenvalue weighted by Gasteiger charge is -2.51. The Morgan fingerprint density at radius 3 is 2.58 bits per heavy atom. The lowest BCUT2D eigenvalue weighted by molar-refractivity contribution is 0.0380. The maximum absolute atomic E-state index is 6.30. The third kappa shape index (κ3) is 3.56. The molecule has 2 aromatic rings. The zero-order valence-corrected chi connectivity index (χ0v) is 17.5. The van der Waals surface area contributed by atoms with Crippen LogP contribution in [-0.2, 0) is 0 Å². The molecule has 1 saturated heterocycles. The lowest BCUT2D eigenvalue weighted by atomic mass is 9.58. The predicted molar refractivity (Wildman–Crippen MR) is 110 cm³/mol. The van der Waals surface area contributed by atoms with Crippen LogP contribution in [0.15, 0.2) is 34.3 Å². The quantitative estimate of drug-likeness (QED) is 0.600. The minimum Gasteiger partial charge on any atom is -0.355 e. The Labute approximate surface area is 169 Å². The molecule has 0 atom stereocenters. The van der Waals surface area contributed by atoms with Gasteiger partial charge in [0.1, 0.15) is 10.8 Å². The summed E-state index contributed by atoms with van der Waals surface area (Å²) in [4.78, 5) is 12.8. The Hall–Kier alpha value is -0.970. The smallest absolute Gasteiger partial charge is 0.147 e. The van der Waals surface area contributed by atoms with Crippen LogP contribution in [0.2, 0.25) is 10.0 Å². The van der Waals surface area contributed by atoms with Gasteiger partial charge in [0.05, 0.1) is 21.9 Å². The average Bonchev–Trinajstić information content (AvgIpc) is 2.60. The van der Waals surface area contributed by atoms with Crippen molar-refractivity contribution in [3.63, 3.8) is 0 Å². The maximum Gasteiger partial charge on any atom is 0.147 e. The van der Waals surface area contributed by atoms with Crippen LogP contribution in [0, 0.1) is 18.3 Å². The molecule has 2 heterocycles. The van der Waals surface area contributed by atoms with Crippen LogP contribution in [0.25, 0.3) is 0 Å². The van der Waals surface area contributed by atoms with Crippen LogP contribution in [0.3, 0.4) is 0 Å². The first-order chi connectivity index (χ1) is 12.5. The molecule has 1 saturated carbocycles. The fraction of sp³-hybridized carbons (Fsp3) is 0.500. The summed E-state index contributed by atoms with van der Waals surface area (Å²) >= 11 is 13.9. The van der Waals surface area contributed by atoms with E-state index in [1.54, 1.807) is 6.07 Å². The molecule has 6 heteroatoms. The lowest BCUT2D eigenvalue weighted by Crippen LogP contribution is -2.46. The van der Waals surface area contributed by atoms with Gasteiger partial charge in [-0.25, -0.2) is 9.97 Å². The summed E-state index contributed by atoms with van der Waals surface area (Å²) in [6, 6.07) is 5.65. The SMILES string of the molecule is Cc1nc(N2CCC3(CC2)CC(C)C3)cnc1Sc1cccc(Cl)c1Cl. The van der Waals surface area contributed by atoms with Gasteiger partial charge in [-0.3, -0.25) is 0 Å². The summed E-state index contributed by atoms with van der Waals surface area (Å²) in [5, 5.41) is 2.01. The van der Waals surface area contributed by atoms with Crippen molar-refractivity contribution in [2.45, 2.75) is 49.5 Å². The second kappa shape index (κ2) is 7.21. The van der Waals surface area contributed by atoms with E-state index < -0.39 is 0 Å². The number of anilines is 1. The van der Waals surface area contributed by atoms with E-state index in [9.17, 15) is 0 Å². The van der Waals surface area contributed by atoms with E-state index >= 15 is 0 Å². The highest BCUT2D eigenvalue weighted by Crippen LogP contribution is 2.52. The number of aryl methyl sites for hydroxylation is 1. The normalized spacial score (nSPS) is 19.6. The molecular formula is C20H23Cl2N3S. The van der Waals surface area contributed by atoms with Gasteiger partial charge in [-0.1, -0.05) is 48.0 Å². The Balaban J connectivity index is 1.46. The summed E-state index contributed by atoms with van der Waals surface area (Å²) in [5.74, 6) is 1.91. The summed E-state index contributed by atoms with van der Waals surface area (Å²) in [6.45, 7) is 6.56. The van der Waals surface area contributed by atoms with E-state index in [0.29, 0.717) is 15.5 Å². The molecule has 0 bridgehead atoms. The second-order valence-electron chi connectivity index (χ2n) is 7.77. The highest BCUT2D eigenvalue weighted by molar-refractivity contribution is 7.99. The molecule has 0 unspecified atom stereocenters. The zero-order chi connectivity index (χ0) is 18.3. The predicted octanol–water partition coefficient (Wildman–Crippen LogP) is 6.26. The molecule has 26 heavy (non-hydrogen) atoms. The van der Waals surface area contributed by atoms with Crippen LogP contribution in [0.5, 0.6) is 0 Å². The van der Waals surface area contributed by atoms with Gasteiger partial charge in [-0.05, 0) is 56.1 Å². The average molecular weight is 408 g/mol. The molecule has 4 rings (SSSR count). The molecule has 0 radical (unpaired) electrons. The largest absolute Gasteiger partial charge is 0.355 e. The Morgan fingerprint density at radius 2 is 1.92 bits per heavy atom. The van der Waals surface area contributed by atoms with Crippen molar-refractivity contribution in [3.05, 3.63) is 40.1 Å². The van der Waals surface area contributed by atoms with Gasteiger partial charge in [0.15, 0.2) is 0 Å². The van der Waals surface area contributed by atoms with Crippen LogP contribution in [0.4, 0.5) is 5.82 Å². The first-order valence-electron chi connectivity index (χ1n) is 9.16. The fourth-order valence-corrected chi connectivity index (χ4v) is 5.74. The van der Waals surface area contributed by atoms with Gasteiger partial charge < -0.3 is 4.90 Å². The summed E-state index contributed by atoms with van der Waals surface area (Å²) in [7, 11) is 0. The van der Waals surface area contributed by atoms with Gasteiger partial charge in [0.2, 0.25) is 0 Å². The Kier molecular flexibility index (Phi) is 5.10. The Bertz CT molecular complexity index is 811. The topological polar surface area (TPSA) is 29.0 Å². The van der Waals surface area contributed by atoms with Gasteiger partial charge in [0, 0.05) is 18.0 Å². The molecule has 2 fully saturated rings. The monoisotopic (exact) mass is 407 g/mol.